The molecule has 0 aromatic heterocycles. The zero-order valence-electron chi connectivity index (χ0n) is 20.3. The molecular formula is C28H35ClN4O3. The second-order valence-electron chi connectivity index (χ2n) is 8.17. The summed E-state index contributed by atoms with van der Waals surface area (Å²) in [6, 6.07) is 27.4. The van der Waals surface area contributed by atoms with Crippen molar-refractivity contribution in [2.45, 2.75) is 19.0 Å². The van der Waals surface area contributed by atoms with Gasteiger partial charge in [-0.15, -0.1) is 12.4 Å². The molecule has 0 aliphatic carbocycles. The third-order valence-corrected chi connectivity index (χ3v) is 5.42. The molecule has 7 nitrogen and oxygen atoms in total. The summed E-state index contributed by atoms with van der Waals surface area (Å²) in [5.74, 6) is -0.476. The van der Waals surface area contributed by atoms with Crippen LogP contribution in [0.15, 0.2) is 84.9 Å². The van der Waals surface area contributed by atoms with Crippen LogP contribution in [0.25, 0.3) is 11.1 Å². The Morgan fingerprint density at radius 3 is 2.11 bits per heavy atom. The Bertz CT molecular complexity index is 1030. The maximum absolute atomic E-state index is 12.7. The van der Waals surface area contributed by atoms with Crippen molar-refractivity contribution >= 4 is 24.2 Å². The van der Waals surface area contributed by atoms with Crippen LogP contribution in [-0.2, 0) is 27.3 Å². The first-order valence-electron chi connectivity index (χ1n) is 11.9. The molecule has 36 heavy (non-hydrogen) atoms. The van der Waals surface area contributed by atoms with Crippen LogP contribution in [0.1, 0.15) is 11.1 Å². The van der Waals surface area contributed by atoms with Gasteiger partial charge in [-0.05, 0) is 22.3 Å². The smallest absolute Gasteiger partial charge is 0.243 e. The predicted octanol–water partition coefficient (Wildman–Crippen LogP) is 2.68. The van der Waals surface area contributed by atoms with Crippen LogP contribution in [-0.4, -0.2) is 50.7 Å². The van der Waals surface area contributed by atoms with Crippen molar-refractivity contribution in [3.05, 3.63) is 96.1 Å². The maximum atomic E-state index is 12.7. The van der Waals surface area contributed by atoms with Gasteiger partial charge < -0.3 is 26.4 Å². The monoisotopic (exact) mass is 510 g/mol. The number of nitrogens with two attached hydrogens (primary N) is 1. The second-order valence-corrected chi connectivity index (χ2v) is 8.17. The van der Waals surface area contributed by atoms with E-state index in [9.17, 15) is 9.59 Å². The molecule has 0 unspecified atom stereocenters. The fourth-order valence-corrected chi connectivity index (χ4v) is 3.63. The summed E-state index contributed by atoms with van der Waals surface area (Å²) < 4.78 is 5.30. The molecule has 0 fully saturated rings. The number of rotatable bonds is 14. The second kappa shape index (κ2) is 16.4. The third kappa shape index (κ3) is 10.2. The van der Waals surface area contributed by atoms with E-state index in [1.54, 1.807) is 0 Å². The SMILES string of the molecule is Cl.NCCOCCNC(=O)[C@H](Cc1ccccc1)NC(=O)CNCc1ccc(-c2ccccc2)cc1. The van der Waals surface area contributed by atoms with Crippen molar-refractivity contribution in [2.24, 2.45) is 5.73 Å². The number of halogens is 1. The minimum Gasteiger partial charge on any atom is -0.378 e. The number of nitrogens with one attached hydrogen (secondary N) is 3. The molecule has 1 atom stereocenters. The number of benzene rings is 3. The Kier molecular flexibility index (Phi) is 13.2. The van der Waals surface area contributed by atoms with Crippen molar-refractivity contribution < 1.29 is 14.3 Å². The molecule has 0 bridgehead atoms. The van der Waals surface area contributed by atoms with E-state index in [1.165, 1.54) is 5.56 Å². The van der Waals surface area contributed by atoms with E-state index in [0.29, 0.717) is 39.3 Å². The average Bonchev–Trinajstić information content (AvgIpc) is 2.89. The summed E-state index contributed by atoms with van der Waals surface area (Å²) in [7, 11) is 0. The van der Waals surface area contributed by atoms with E-state index in [1.807, 2.05) is 60.7 Å². The molecule has 0 aliphatic rings. The minimum atomic E-state index is -0.675. The highest BCUT2D eigenvalue weighted by Crippen LogP contribution is 2.19. The molecule has 0 saturated heterocycles. The fourth-order valence-electron chi connectivity index (χ4n) is 3.63. The number of ether oxygens (including phenoxy) is 1. The average molecular weight is 511 g/mol. The van der Waals surface area contributed by atoms with Gasteiger partial charge in [0.15, 0.2) is 0 Å². The Hall–Kier alpha value is -3.23. The Balaban J connectivity index is 0.00000456. The Labute approximate surface area is 219 Å². The van der Waals surface area contributed by atoms with Crippen LogP contribution < -0.4 is 21.7 Å². The standard InChI is InChI=1S/C28H34N4O3.ClH/c29-15-17-35-18-16-31-28(34)26(19-22-7-3-1-4-8-22)32-27(33)21-30-20-23-11-13-25(14-12-23)24-9-5-2-6-10-24;/h1-14,26,30H,15-21,29H2,(H,31,34)(H,32,33);1H/t26-;/m0./s1. The van der Waals surface area contributed by atoms with Gasteiger partial charge >= 0.3 is 0 Å². The van der Waals surface area contributed by atoms with Gasteiger partial charge in [-0.2, -0.15) is 0 Å². The molecule has 192 valence electrons. The largest absolute Gasteiger partial charge is 0.378 e. The van der Waals surface area contributed by atoms with Gasteiger partial charge in [0.25, 0.3) is 0 Å². The third-order valence-electron chi connectivity index (χ3n) is 5.42. The first-order chi connectivity index (χ1) is 17.2. The lowest BCUT2D eigenvalue weighted by molar-refractivity contribution is -0.128. The van der Waals surface area contributed by atoms with Gasteiger partial charge in [-0.25, -0.2) is 0 Å². The molecule has 5 N–H and O–H groups in total. The molecule has 0 aliphatic heterocycles. The lowest BCUT2D eigenvalue weighted by Gasteiger charge is -2.19. The number of hydrogen-bond acceptors (Lipinski definition) is 5. The van der Waals surface area contributed by atoms with E-state index in [4.69, 9.17) is 10.5 Å². The summed E-state index contributed by atoms with van der Waals surface area (Å²) in [6.45, 7) is 2.28. The highest BCUT2D eigenvalue weighted by atomic mass is 35.5. The molecule has 3 aromatic rings. The number of hydrogen-bond donors (Lipinski definition) is 4. The van der Waals surface area contributed by atoms with Crippen molar-refractivity contribution in [3.8, 4) is 11.1 Å². The van der Waals surface area contributed by atoms with Gasteiger partial charge in [0.05, 0.1) is 19.8 Å². The van der Waals surface area contributed by atoms with E-state index in [2.05, 4.69) is 40.2 Å². The van der Waals surface area contributed by atoms with E-state index >= 15 is 0 Å². The van der Waals surface area contributed by atoms with Crippen LogP contribution in [0.3, 0.4) is 0 Å². The fraction of sp³-hybridized carbons (Fsp3) is 0.286. The summed E-state index contributed by atoms with van der Waals surface area (Å²) in [5, 5.41) is 8.85. The van der Waals surface area contributed by atoms with E-state index in [0.717, 1.165) is 16.7 Å². The molecule has 0 saturated carbocycles. The molecule has 0 radical (unpaired) electrons. The lowest BCUT2D eigenvalue weighted by Crippen LogP contribution is -2.50. The van der Waals surface area contributed by atoms with Crippen molar-refractivity contribution in [3.63, 3.8) is 0 Å². The van der Waals surface area contributed by atoms with Crippen LogP contribution >= 0.6 is 12.4 Å². The van der Waals surface area contributed by atoms with Gasteiger partial charge in [0.1, 0.15) is 6.04 Å². The van der Waals surface area contributed by atoms with E-state index < -0.39 is 6.04 Å². The zero-order chi connectivity index (χ0) is 24.7. The van der Waals surface area contributed by atoms with E-state index in [-0.39, 0.29) is 30.8 Å². The summed E-state index contributed by atoms with van der Waals surface area (Å²) >= 11 is 0. The van der Waals surface area contributed by atoms with Gasteiger partial charge in [0.2, 0.25) is 11.8 Å². The normalized spacial score (nSPS) is 11.2. The van der Waals surface area contributed by atoms with Crippen LogP contribution in [0.4, 0.5) is 0 Å². The van der Waals surface area contributed by atoms with Crippen LogP contribution in [0.5, 0.6) is 0 Å². The van der Waals surface area contributed by atoms with Crippen molar-refractivity contribution in [1.29, 1.82) is 0 Å². The van der Waals surface area contributed by atoms with Crippen molar-refractivity contribution in [2.75, 3.05) is 32.8 Å². The van der Waals surface area contributed by atoms with Crippen molar-refractivity contribution in [1.82, 2.24) is 16.0 Å². The van der Waals surface area contributed by atoms with Gasteiger partial charge in [-0.3, -0.25) is 9.59 Å². The molecule has 0 heterocycles. The quantitative estimate of drug-likeness (QED) is 0.250. The van der Waals surface area contributed by atoms with Crippen LogP contribution in [0, 0.1) is 0 Å². The topological polar surface area (TPSA) is 105 Å². The highest BCUT2D eigenvalue weighted by molar-refractivity contribution is 5.88. The number of carbonyl (C=O) groups is 2. The summed E-state index contributed by atoms with van der Waals surface area (Å²) in [4.78, 5) is 25.3. The summed E-state index contributed by atoms with van der Waals surface area (Å²) in [6.07, 6.45) is 0.406. The number of amides is 2. The molecule has 3 rings (SSSR count). The minimum absolute atomic E-state index is 0. The maximum Gasteiger partial charge on any atom is 0.243 e. The first kappa shape index (κ1) is 29.0. The number of carbonyl (C=O) groups excluding carboxylic acids is 2. The first-order valence-corrected chi connectivity index (χ1v) is 11.9. The molecule has 0 spiro atoms. The predicted molar refractivity (Wildman–Crippen MR) is 146 cm³/mol. The molecule has 3 aromatic carbocycles. The molecule has 8 heteroatoms. The Morgan fingerprint density at radius 2 is 1.44 bits per heavy atom. The van der Waals surface area contributed by atoms with Crippen LogP contribution in [0.2, 0.25) is 0 Å². The molecular weight excluding hydrogens is 476 g/mol. The Morgan fingerprint density at radius 1 is 0.806 bits per heavy atom. The zero-order valence-corrected chi connectivity index (χ0v) is 21.1. The van der Waals surface area contributed by atoms with Gasteiger partial charge in [-0.1, -0.05) is 84.9 Å². The lowest BCUT2D eigenvalue weighted by atomic mass is 10.0. The van der Waals surface area contributed by atoms with Gasteiger partial charge in [0, 0.05) is 26.1 Å². The molecule has 2 amide bonds. The summed E-state index contributed by atoms with van der Waals surface area (Å²) in [5.41, 5.74) is 9.77. The highest BCUT2D eigenvalue weighted by Gasteiger charge is 2.20.